The first kappa shape index (κ1) is 36.4. The van der Waals surface area contributed by atoms with Crippen LogP contribution in [0.3, 0.4) is 0 Å². The summed E-state index contributed by atoms with van der Waals surface area (Å²) in [7, 11) is 0. The summed E-state index contributed by atoms with van der Waals surface area (Å²) in [6, 6.07) is 51.2. The Morgan fingerprint density at radius 2 is 1.38 bits per heavy atom. The summed E-state index contributed by atoms with van der Waals surface area (Å²) in [4.78, 5) is 13.7. The molecule has 2 atom stereocenters. The molecule has 2 amide bonds. The molecule has 8 nitrogen and oxygen atoms in total. The predicted molar refractivity (Wildman–Crippen MR) is 224 cm³/mol. The molecule has 0 fully saturated rings. The number of nitrogens with one attached hydrogen (secondary N) is 2. The zero-order valence-corrected chi connectivity index (χ0v) is 32.0. The molecule has 1 aromatic heterocycles. The van der Waals surface area contributed by atoms with Gasteiger partial charge in [-0.05, 0) is 94.1 Å². The molecule has 0 saturated carbocycles. The number of benzene rings is 6. The molecule has 8 rings (SSSR count). The van der Waals surface area contributed by atoms with Gasteiger partial charge in [0.1, 0.15) is 11.3 Å². The molecule has 56 heavy (non-hydrogen) atoms. The van der Waals surface area contributed by atoms with Gasteiger partial charge >= 0.3 is 6.03 Å². The van der Waals surface area contributed by atoms with Crippen LogP contribution in [0.2, 0.25) is 0 Å². The van der Waals surface area contributed by atoms with E-state index < -0.39 is 5.54 Å². The highest BCUT2D eigenvalue weighted by Gasteiger charge is 2.42. The number of hydrogen-bond donors (Lipinski definition) is 2. The largest absolute Gasteiger partial charge is 0.491 e. The Morgan fingerprint density at radius 3 is 1.98 bits per heavy atom. The third-order valence-corrected chi connectivity index (χ3v) is 11.2. The van der Waals surface area contributed by atoms with E-state index in [1.807, 2.05) is 72.3 Å². The Balaban J connectivity index is 1.32. The van der Waals surface area contributed by atoms with Crippen LogP contribution in [0.5, 0.6) is 5.75 Å². The van der Waals surface area contributed by atoms with Gasteiger partial charge in [-0.2, -0.15) is 0 Å². The van der Waals surface area contributed by atoms with Crippen LogP contribution in [-0.2, 0) is 5.54 Å². The summed E-state index contributed by atoms with van der Waals surface area (Å²) in [5.41, 5.74) is 8.43. The van der Waals surface area contributed by atoms with E-state index in [1.54, 1.807) is 0 Å². The number of ether oxygens (including phenoxy) is 1. The molecular formula is C48H46N6O2. The van der Waals surface area contributed by atoms with E-state index >= 15 is 0 Å². The number of hydrogen-bond acceptors (Lipinski definition) is 5. The minimum atomic E-state index is -0.917. The Hall–Kier alpha value is -6.54. The van der Waals surface area contributed by atoms with Crippen molar-refractivity contribution < 1.29 is 9.53 Å². The average Bonchev–Trinajstić information content (AvgIpc) is 3.63. The van der Waals surface area contributed by atoms with Gasteiger partial charge in [-0.1, -0.05) is 153 Å². The van der Waals surface area contributed by atoms with Gasteiger partial charge < -0.3 is 15.4 Å². The highest BCUT2D eigenvalue weighted by molar-refractivity contribution is 6.01. The second kappa shape index (κ2) is 16.1. The van der Waals surface area contributed by atoms with Crippen LogP contribution in [0.15, 0.2) is 152 Å². The van der Waals surface area contributed by atoms with Gasteiger partial charge in [-0.3, -0.25) is 0 Å². The van der Waals surface area contributed by atoms with Crippen molar-refractivity contribution in [2.45, 2.75) is 51.5 Å². The molecule has 280 valence electrons. The lowest BCUT2D eigenvalue weighted by Crippen LogP contribution is -2.39. The number of amides is 2. The van der Waals surface area contributed by atoms with Crippen molar-refractivity contribution in [2.75, 3.05) is 17.2 Å². The van der Waals surface area contributed by atoms with Crippen molar-refractivity contribution in [3.8, 4) is 28.3 Å². The van der Waals surface area contributed by atoms with Gasteiger partial charge in [-0.15, -0.1) is 5.10 Å². The minimum Gasteiger partial charge on any atom is -0.491 e. The Kier molecular flexibility index (Phi) is 10.4. The van der Waals surface area contributed by atoms with Gasteiger partial charge in [0.25, 0.3) is 0 Å². The minimum absolute atomic E-state index is 0.248. The number of carbonyl (C=O) groups is 1. The van der Waals surface area contributed by atoms with E-state index in [9.17, 15) is 4.79 Å². The highest BCUT2D eigenvalue weighted by Crippen LogP contribution is 2.48. The Labute approximate surface area is 328 Å². The standard InChI is InChI=1S/C48H46N6O2/c1-4-34(3)40-25-16-30-56-45-43(40)31-35(32-44(45)50-47(55)49-39-28-26-33(2)27-29-39)41-23-14-15-24-42(41)46-51-52-53-54(46)48(36-17-8-5-9-18-36,37-19-10-6-11-20-37)38-21-12-7-13-22-38/h5-15,17-24,26-29,31-32,34,40H,4,16,25,30H2,1-3H3,(H2,49,50,55). The molecule has 2 unspecified atom stereocenters. The molecule has 0 bridgehead atoms. The fourth-order valence-corrected chi connectivity index (χ4v) is 8.18. The fourth-order valence-electron chi connectivity index (χ4n) is 8.18. The maximum atomic E-state index is 13.7. The van der Waals surface area contributed by atoms with Gasteiger partial charge in [0.2, 0.25) is 0 Å². The SMILES string of the molecule is CCC(C)C1CCCOc2c(NC(=O)Nc3ccc(C)cc3)cc(-c3ccccc3-c3nnnn3C(c3ccccc3)(c3ccccc3)c3ccccc3)cc21. The lowest BCUT2D eigenvalue weighted by atomic mass is 9.76. The first-order chi connectivity index (χ1) is 27.5. The van der Waals surface area contributed by atoms with Gasteiger partial charge in [0.15, 0.2) is 5.82 Å². The number of aryl methyl sites for hydroxylation is 1. The third kappa shape index (κ3) is 6.94. The van der Waals surface area contributed by atoms with Crippen LogP contribution < -0.4 is 15.4 Å². The summed E-state index contributed by atoms with van der Waals surface area (Å²) in [5, 5.41) is 20.2. The number of nitrogens with zero attached hydrogens (tertiary/aromatic N) is 4. The second-order valence-electron chi connectivity index (χ2n) is 14.6. The van der Waals surface area contributed by atoms with Gasteiger partial charge in [0, 0.05) is 16.8 Å². The summed E-state index contributed by atoms with van der Waals surface area (Å²) in [5.74, 6) is 1.99. The second-order valence-corrected chi connectivity index (χ2v) is 14.6. The lowest BCUT2D eigenvalue weighted by molar-refractivity contribution is 0.262. The number of anilines is 2. The van der Waals surface area contributed by atoms with E-state index in [0.29, 0.717) is 29.7 Å². The van der Waals surface area contributed by atoms with Crippen molar-refractivity contribution in [1.82, 2.24) is 20.2 Å². The van der Waals surface area contributed by atoms with Crippen LogP contribution in [0.1, 0.15) is 66.8 Å². The molecule has 1 aliphatic heterocycles. The summed E-state index contributed by atoms with van der Waals surface area (Å²) in [6.07, 6.45) is 2.95. The molecule has 8 heteroatoms. The summed E-state index contributed by atoms with van der Waals surface area (Å²) in [6.45, 7) is 7.15. The molecule has 0 radical (unpaired) electrons. The molecule has 0 saturated heterocycles. The molecule has 0 aliphatic carbocycles. The molecule has 7 aromatic rings. The van der Waals surface area contributed by atoms with Crippen molar-refractivity contribution in [1.29, 1.82) is 0 Å². The number of tetrazole rings is 1. The van der Waals surface area contributed by atoms with E-state index in [-0.39, 0.29) is 11.9 Å². The number of rotatable bonds is 10. The quantitative estimate of drug-likeness (QED) is 0.136. The molecule has 2 N–H and O–H groups in total. The van der Waals surface area contributed by atoms with E-state index in [0.717, 1.165) is 69.5 Å². The number of urea groups is 1. The van der Waals surface area contributed by atoms with E-state index in [4.69, 9.17) is 15.0 Å². The molecule has 6 aromatic carbocycles. The first-order valence-corrected chi connectivity index (χ1v) is 19.5. The van der Waals surface area contributed by atoms with Crippen molar-refractivity contribution in [3.05, 3.63) is 179 Å². The van der Waals surface area contributed by atoms with Crippen LogP contribution in [0.25, 0.3) is 22.5 Å². The molecule has 0 spiro atoms. The molecular weight excluding hydrogens is 693 g/mol. The van der Waals surface area contributed by atoms with Gasteiger partial charge in [-0.25, -0.2) is 9.48 Å². The topological polar surface area (TPSA) is 94.0 Å². The normalized spacial score (nSPS) is 14.5. The predicted octanol–water partition coefficient (Wildman–Crippen LogP) is 11.1. The van der Waals surface area contributed by atoms with Crippen LogP contribution >= 0.6 is 0 Å². The molecule has 1 aliphatic rings. The van der Waals surface area contributed by atoms with Crippen LogP contribution in [0.4, 0.5) is 16.2 Å². The monoisotopic (exact) mass is 738 g/mol. The summed E-state index contributed by atoms with van der Waals surface area (Å²) < 4.78 is 8.46. The third-order valence-electron chi connectivity index (χ3n) is 11.2. The van der Waals surface area contributed by atoms with Crippen LogP contribution in [-0.4, -0.2) is 32.8 Å². The lowest BCUT2D eigenvalue weighted by Gasteiger charge is -2.36. The average molecular weight is 739 g/mol. The number of fused-ring (bicyclic) bond motifs is 1. The highest BCUT2D eigenvalue weighted by atomic mass is 16.5. The Bertz CT molecular complexity index is 2320. The van der Waals surface area contributed by atoms with E-state index in [1.165, 1.54) is 0 Å². The zero-order valence-electron chi connectivity index (χ0n) is 32.0. The Morgan fingerprint density at radius 1 is 0.786 bits per heavy atom. The van der Waals surface area contributed by atoms with Crippen molar-refractivity contribution >= 4 is 17.4 Å². The van der Waals surface area contributed by atoms with Gasteiger partial charge in [0.05, 0.1) is 12.3 Å². The zero-order chi connectivity index (χ0) is 38.5. The first-order valence-electron chi connectivity index (χ1n) is 19.5. The van der Waals surface area contributed by atoms with E-state index in [2.05, 4.69) is 121 Å². The maximum Gasteiger partial charge on any atom is 0.323 e. The number of aromatic nitrogens is 4. The summed E-state index contributed by atoms with van der Waals surface area (Å²) >= 11 is 0. The number of carbonyl (C=O) groups excluding carboxylic acids is 1. The van der Waals surface area contributed by atoms with Crippen molar-refractivity contribution in [3.63, 3.8) is 0 Å². The fraction of sp³-hybridized carbons (Fsp3) is 0.208. The van der Waals surface area contributed by atoms with Crippen LogP contribution in [0, 0.1) is 12.8 Å². The molecule has 2 heterocycles. The van der Waals surface area contributed by atoms with Crippen molar-refractivity contribution in [2.24, 2.45) is 5.92 Å². The maximum absolute atomic E-state index is 13.7. The smallest absolute Gasteiger partial charge is 0.323 e.